The highest BCUT2D eigenvalue weighted by Gasteiger charge is 2.15. The maximum atomic E-state index is 13.3. The van der Waals surface area contributed by atoms with Gasteiger partial charge in [0.2, 0.25) is 0 Å². The molecule has 2 aromatic rings. The molecule has 128 valence electrons. The van der Waals surface area contributed by atoms with E-state index in [2.05, 4.69) is 9.80 Å². The number of rotatable bonds is 5. The Labute approximate surface area is 142 Å². The van der Waals surface area contributed by atoms with E-state index in [4.69, 9.17) is 0 Å². The molecule has 4 heteroatoms. The van der Waals surface area contributed by atoms with E-state index in [9.17, 15) is 8.78 Å². The Hall–Kier alpha value is -1.78. The van der Waals surface area contributed by atoms with Gasteiger partial charge in [0, 0.05) is 26.2 Å². The van der Waals surface area contributed by atoms with E-state index in [0.29, 0.717) is 0 Å². The van der Waals surface area contributed by atoms with Crippen molar-refractivity contribution in [2.75, 3.05) is 32.7 Å². The van der Waals surface area contributed by atoms with Crippen LogP contribution in [0.4, 0.5) is 8.78 Å². The summed E-state index contributed by atoms with van der Waals surface area (Å²) in [5, 5.41) is 0. The Bertz CT molecular complexity index is 660. The smallest absolute Gasteiger partial charge is 0.123 e. The lowest BCUT2D eigenvalue weighted by molar-refractivity contribution is 0.253. The van der Waals surface area contributed by atoms with E-state index >= 15 is 0 Å². The van der Waals surface area contributed by atoms with Gasteiger partial charge in [0.15, 0.2) is 0 Å². The minimum absolute atomic E-state index is 0.162. The summed E-state index contributed by atoms with van der Waals surface area (Å²) in [4.78, 5) is 4.83. The summed E-state index contributed by atoms with van der Waals surface area (Å²) < 4.78 is 26.5. The zero-order chi connectivity index (χ0) is 16.8. The Kier molecular flexibility index (Phi) is 5.94. The molecule has 0 spiro atoms. The minimum Gasteiger partial charge on any atom is -0.302 e. The third-order valence-electron chi connectivity index (χ3n) is 4.58. The first-order valence-corrected chi connectivity index (χ1v) is 8.63. The number of benzene rings is 2. The van der Waals surface area contributed by atoms with Crippen LogP contribution < -0.4 is 0 Å². The van der Waals surface area contributed by atoms with Gasteiger partial charge in [0.25, 0.3) is 0 Å². The van der Waals surface area contributed by atoms with E-state index in [-0.39, 0.29) is 11.6 Å². The predicted octanol–water partition coefficient (Wildman–Crippen LogP) is 3.72. The Morgan fingerprint density at radius 2 is 1.38 bits per heavy atom. The van der Waals surface area contributed by atoms with Gasteiger partial charge in [-0.25, -0.2) is 8.78 Å². The molecule has 1 heterocycles. The van der Waals surface area contributed by atoms with Crippen molar-refractivity contribution in [3.8, 4) is 0 Å². The molecular formula is C20H24F2N2. The van der Waals surface area contributed by atoms with Gasteiger partial charge in [-0.2, -0.15) is 0 Å². The Balaban J connectivity index is 1.48. The number of hydrogen-bond acceptors (Lipinski definition) is 2. The molecule has 24 heavy (non-hydrogen) atoms. The molecule has 3 rings (SSSR count). The van der Waals surface area contributed by atoms with Gasteiger partial charge in [-0.15, -0.1) is 0 Å². The summed E-state index contributed by atoms with van der Waals surface area (Å²) in [7, 11) is 0. The van der Waals surface area contributed by atoms with Crippen LogP contribution >= 0.6 is 0 Å². The molecular weight excluding hydrogens is 306 g/mol. The van der Waals surface area contributed by atoms with Crippen LogP contribution in [0.25, 0.3) is 0 Å². The highest BCUT2D eigenvalue weighted by molar-refractivity contribution is 5.17. The number of hydrogen-bond donors (Lipinski definition) is 0. The average Bonchev–Trinajstić information content (AvgIpc) is 2.78. The molecule has 0 N–H and O–H groups in total. The Morgan fingerprint density at radius 3 is 2.12 bits per heavy atom. The summed E-state index contributed by atoms with van der Waals surface area (Å²) >= 11 is 0. The predicted molar refractivity (Wildman–Crippen MR) is 92.8 cm³/mol. The van der Waals surface area contributed by atoms with Crippen LogP contribution in [0.3, 0.4) is 0 Å². The number of halogens is 2. The summed E-state index contributed by atoms with van der Waals surface area (Å²) in [5.74, 6) is -0.330. The van der Waals surface area contributed by atoms with Crippen molar-refractivity contribution < 1.29 is 8.78 Å². The zero-order valence-corrected chi connectivity index (χ0v) is 13.9. The normalized spacial score (nSPS) is 16.9. The van der Waals surface area contributed by atoms with Crippen LogP contribution in [0, 0.1) is 11.6 Å². The highest BCUT2D eigenvalue weighted by atomic mass is 19.1. The van der Waals surface area contributed by atoms with Gasteiger partial charge in [0.1, 0.15) is 11.6 Å². The maximum Gasteiger partial charge on any atom is 0.123 e. The molecule has 0 aromatic heterocycles. The lowest BCUT2D eigenvalue weighted by Gasteiger charge is -2.22. The molecule has 1 fully saturated rings. The summed E-state index contributed by atoms with van der Waals surface area (Å²) in [6.45, 7) is 5.85. The van der Waals surface area contributed by atoms with Crippen LogP contribution in [0.2, 0.25) is 0 Å². The van der Waals surface area contributed by atoms with E-state index in [1.54, 1.807) is 24.3 Å². The van der Waals surface area contributed by atoms with Gasteiger partial charge in [-0.1, -0.05) is 24.3 Å². The van der Waals surface area contributed by atoms with Crippen molar-refractivity contribution in [1.82, 2.24) is 9.80 Å². The van der Waals surface area contributed by atoms with E-state index < -0.39 is 0 Å². The molecule has 0 radical (unpaired) electrons. The van der Waals surface area contributed by atoms with E-state index in [1.165, 1.54) is 12.1 Å². The first-order valence-electron chi connectivity index (χ1n) is 8.63. The third kappa shape index (κ3) is 5.11. The largest absolute Gasteiger partial charge is 0.302 e. The topological polar surface area (TPSA) is 6.48 Å². The van der Waals surface area contributed by atoms with E-state index in [0.717, 1.165) is 63.2 Å². The van der Waals surface area contributed by atoms with Crippen LogP contribution in [0.15, 0.2) is 48.5 Å². The van der Waals surface area contributed by atoms with Crippen molar-refractivity contribution in [1.29, 1.82) is 0 Å². The second kappa shape index (κ2) is 8.36. The lowest BCUT2D eigenvalue weighted by atomic mass is 10.1. The molecule has 0 amide bonds. The minimum atomic E-state index is -0.168. The van der Waals surface area contributed by atoms with Crippen molar-refractivity contribution in [3.63, 3.8) is 0 Å². The fourth-order valence-electron chi connectivity index (χ4n) is 3.28. The second-order valence-corrected chi connectivity index (χ2v) is 6.48. The van der Waals surface area contributed by atoms with Gasteiger partial charge in [-0.05, 0) is 61.3 Å². The quantitative estimate of drug-likeness (QED) is 0.824. The van der Waals surface area contributed by atoms with Gasteiger partial charge in [0.05, 0.1) is 0 Å². The van der Waals surface area contributed by atoms with Crippen molar-refractivity contribution in [2.45, 2.75) is 19.4 Å². The van der Waals surface area contributed by atoms with Gasteiger partial charge >= 0.3 is 0 Å². The molecule has 1 saturated heterocycles. The standard InChI is InChI=1S/C20H24F2N2/c21-19-6-1-4-17(14-19)8-11-23-9-3-10-24(13-12-23)16-18-5-2-7-20(22)15-18/h1-2,4-7,14-15H,3,8-13,16H2. The SMILES string of the molecule is Fc1cccc(CCN2CCCN(Cc3cccc(F)c3)CC2)c1. The molecule has 0 aliphatic carbocycles. The molecule has 1 aliphatic heterocycles. The summed E-state index contributed by atoms with van der Waals surface area (Å²) in [6.07, 6.45) is 1.99. The summed E-state index contributed by atoms with van der Waals surface area (Å²) in [6, 6.07) is 13.7. The first-order chi connectivity index (χ1) is 11.7. The second-order valence-electron chi connectivity index (χ2n) is 6.48. The molecule has 2 nitrogen and oxygen atoms in total. The fraction of sp³-hybridized carbons (Fsp3) is 0.400. The molecule has 2 aromatic carbocycles. The monoisotopic (exact) mass is 330 g/mol. The van der Waals surface area contributed by atoms with Gasteiger partial charge in [-0.3, -0.25) is 4.90 Å². The molecule has 1 aliphatic rings. The highest BCUT2D eigenvalue weighted by Crippen LogP contribution is 2.11. The van der Waals surface area contributed by atoms with Crippen LogP contribution in [-0.4, -0.2) is 42.5 Å². The van der Waals surface area contributed by atoms with Crippen LogP contribution in [-0.2, 0) is 13.0 Å². The van der Waals surface area contributed by atoms with E-state index in [1.807, 2.05) is 12.1 Å². The van der Waals surface area contributed by atoms with Crippen molar-refractivity contribution in [3.05, 3.63) is 71.3 Å². The van der Waals surface area contributed by atoms with Gasteiger partial charge < -0.3 is 4.90 Å². The summed E-state index contributed by atoms with van der Waals surface area (Å²) in [5.41, 5.74) is 2.08. The third-order valence-corrected chi connectivity index (χ3v) is 4.58. The average molecular weight is 330 g/mol. The molecule has 0 bridgehead atoms. The molecule has 0 saturated carbocycles. The lowest BCUT2D eigenvalue weighted by Crippen LogP contribution is -2.31. The Morgan fingerprint density at radius 1 is 0.750 bits per heavy atom. The van der Waals surface area contributed by atoms with Crippen LogP contribution in [0.1, 0.15) is 17.5 Å². The van der Waals surface area contributed by atoms with Crippen molar-refractivity contribution in [2.24, 2.45) is 0 Å². The zero-order valence-electron chi connectivity index (χ0n) is 13.9. The maximum absolute atomic E-state index is 13.3. The molecule has 0 atom stereocenters. The first kappa shape index (κ1) is 17.1. The fourth-order valence-corrected chi connectivity index (χ4v) is 3.28. The van der Waals surface area contributed by atoms with Crippen molar-refractivity contribution >= 4 is 0 Å². The number of nitrogens with zero attached hydrogens (tertiary/aromatic N) is 2. The van der Waals surface area contributed by atoms with Crippen LogP contribution in [0.5, 0.6) is 0 Å². The molecule has 0 unspecified atom stereocenters.